The molecule has 1 heterocycles. The van der Waals surface area contributed by atoms with Crippen LogP contribution in [0.15, 0.2) is 24.3 Å². The highest BCUT2D eigenvalue weighted by atomic mass is 32.1. The molecule has 1 aliphatic carbocycles. The Morgan fingerprint density at radius 1 is 1.21 bits per heavy atom. The van der Waals surface area contributed by atoms with E-state index in [1.807, 2.05) is 0 Å². The van der Waals surface area contributed by atoms with Gasteiger partial charge in [0.25, 0.3) is 0 Å². The molecule has 29 heavy (non-hydrogen) atoms. The Kier molecular flexibility index (Phi) is 8.43. The summed E-state index contributed by atoms with van der Waals surface area (Å²) >= 11 is 1.40. The Balaban J connectivity index is 1.55. The largest absolute Gasteiger partial charge is 0.383 e. The maximum absolute atomic E-state index is 12.4. The maximum atomic E-state index is 12.4. The molecule has 0 unspecified atom stereocenters. The van der Waals surface area contributed by atoms with E-state index in [4.69, 9.17) is 9.72 Å². The van der Waals surface area contributed by atoms with Crippen molar-refractivity contribution in [3.05, 3.63) is 41.2 Å². The van der Waals surface area contributed by atoms with E-state index in [-0.39, 0.29) is 5.91 Å². The zero-order valence-electron chi connectivity index (χ0n) is 17.5. The number of ether oxygens (including phenoxy) is 1. The molecule has 1 fully saturated rings. The average Bonchev–Trinajstić information content (AvgIpc) is 3.19. The van der Waals surface area contributed by atoms with Gasteiger partial charge in [0.2, 0.25) is 11.0 Å². The number of nitrogens with zero attached hydrogens (tertiary/aromatic N) is 3. The normalized spacial score (nSPS) is 14.7. The number of hydrogen-bond acceptors (Lipinski definition) is 6. The Morgan fingerprint density at radius 3 is 2.69 bits per heavy atom. The fourth-order valence-corrected chi connectivity index (χ4v) is 4.36. The highest BCUT2D eigenvalue weighted by Crippen LogP contribution is 2.20. The minimum Gasteiger partial charge on any atom is -0.383 e. The zero-order valence-corrected chi connectivity index (χ0v) is 18.3. The van der Waals surface area contributed by atoms with Crippen molar-refractivity contribution in [2.75, 3.05) is 31.7 Å². The van der Waals surface area contributed by atoms with Gasteiger partial charge in [-0.3, -0.25) is 4.79 Å². The molecule has 158 valence electrons. The van der Waals surface area contributed by atoms with Gasteiger partial charge in [-0.15, -0.1) is 0 Å². The number of methoxy groups -OCH3 is 1. The molecule has 2 aromatic rings. The van der Waals surface area contributed by atoms with E-state index in [0.29, 0.717) is 32.2 Å². The van der Waals surface area contributed by atoms with Crippen LogP contribution < -0.4 is 10.2 Å². The van der Waals surface area contributed by atoms with Gasteiger partial charge in [-0.1, -0.05) is 49.1 Å². The first kappa shape index (κ1) is 21.7. The molecule has 1 N–H and O–H groups in total. The molecule has 0 saturated heterocycles. The summed E-state index contributed by atoms with van der Waals surface area (Å²) in [5.74, 6) is 0.951. The minimum atomic E-state index is 0.128. The maximum Gasteiger partial charge on any atom is 0.221 e. The number of benzene rings is 1. The second kappa shape index (κ2) is 11.3. The summed E-state index contributed by atoms with van der Waals surface area (Å²) < 4.78 is 9.78. The van der Waals surface area contributed by atoms with Crippen molar-refractivity contribution in [3.8, 4) is 0 Å². The molecule has 0 atom stereocenters. The lowest BCUT2D eigenvalue weighted by Crippen LogP contribution is -2.38. The van der Waals surface area contributed by atoms with E-state index in [2.05, 4.69) is 45.8 Å². The first-order valence-electron chi connectivity index (χ1n) is 10.6. The van der Waals surface area contributed by atoms with E-state index in [1.54, 1.807) is 7.11 Å². The molecule has 1 amide bonds. The summed E-state index contributed by atoms with van der Waals surface area (Å²) in [6, 6.07) is 8.81. The van der Waals surface area contributed by atoms with Crippen LogP contribution in [0, 0.1) is 6.92 Å². The van der Waals surface area contributed by atoms with Gasteiger partial charge in [-0.05, 0) is 25.3 Å². The third-order valence-electron chi connectivity index (χ3n) is 5.36. The van der Waals surface area contributed by atoms with Crippen LogP contribution in [0.1, 0.15) is 55.5 Å². The highest BCUT2D eigenvalue weighted by Gasteiger charge is 2.18. The van der Waals surface area contributed by atoms with Crippen LogP contribution in [0.4, 0.5) is 5.13 Å². The molecular weight excluding hydrogens is 384 g/mol. The van der Waals surface area contributed by atoms with E-state index in [9.17, 15) is 4.79 Å². The van der Waals surface area contributed by atoms with Crippen molar-refractivity contribution < 1.29 is 9.53 Å². The lowest BCUT2D eigenvalue weighted by Gasteiger charge is -2.24. The summed E-state index contributed by atoms with van der Waals surface area (Å²) in [6.07, 6.45) is 7.14. The van der Waals surface area contributed by atoms with Gasteiger partial charge in [0.15, 0.2) is 0 Å². The van der Waals surface area contributed by atoms with Crippen LogP contribution in [-0.2, 0) is 16.0 Å². The highest BCUT2D eigenvalue weighted by molar-refractivity contribution is 7.09. The summed E-state index contributed by atoms with van der Waals surface area (Å²) in [7, 11) is 1.69. The summed E-state index contributed by atoms with van der Waals surface area (Å²) in [5.41, 5.74) is 2.45. The summed E-state index contributed by atoms with van der Waals surface area (Å²) in [5, 5.41) is 4.05. The number of aryl methyl sites for hydroxylation is 1. The quantitative estimate of drug-likeness (QED) is 0.639. The van der Waals surface area contributed by atoms with Gasteiger partial charge in [0, 0.05) is 50.6 Å². The number of nitrogens with one attached hydrogen (secondary N) is 1. The third kappa shape index (κ3) is 7.08. The fourth-order valence-electron chi connectivity index (χ4n) is 3.62. The second-order valence-corrected chi connectivity index (χ2v) is 8.52. The van der Waals surface area contributed by atoms with Gasteiger partial charge in [-0.2, -0.15) is 4.37 Å². The third-order valence-corrected chi connectivity index (χ3v) is 6.17. The lowest BCUT2D eigenvalue weighted by atomic mass is 9.95. The van der Waals surface area contributed by atoms with E-state index < -0.39 is 0 Å². The summed E-state index contributed by atoms with van der Waals surface area (Å²) in [6.45, 7) is 4.01. The van der Waals surface area contributed by atoms with Crippen molar-refractivity contribution in [3.63, 3.8) is 0 Å². The Bertz CT molecular complexity index is 756. The van der Waals surface area contributed by atoms with Gasteiger partial charge >= 0.3 is 0 Å². The van der Waals surface area contributed by atoms with Gasteiger partial charge < -0.3 is 15.0 Å². The van der Waals surface area contributed by atoms with Gasteiger partial charge in [0.05, 0.1) is 6.61 Å². The lowest BCUT2D eigenvalue weighted by molar-refractivity contribution is -0.121. The predicted octanol–water partition coefficient (Wildman–Crippen LogP) is 3.73. The number of carbonyl (C=O) groups excluding carboxylic acids is 1. The first-order chi connectivity index (χ1) is 14.1. The molecule has 1 aromatic carbocycles. The number of rotatable bonds is 10. The molecule has 3 rings (SSSR count). The van der Waals surface area contributed by atoms with E-state index in [0.717, 1.165) is 30.2 Å². The van der Waals surface area contributed by atoms with Crippen molar-refractivity contribution in [2.45, 2.75) is 57.9 Å². The van der Waals surface area contributed by atoms with Crippen molar-refractivity contribution in [1.29, 1.82) is 0 Å². The fraction of sp³-hybridized carbons (Fsp3) is 0.591. The molecule has 0 radical (unpaired) electrons. The number of amides is 1. The minimum absolute atomic E-state index is 0.128. The SMILES string of the molecule is COCCN(CCC(=O)NC1CCCCC1)c1nc(Cc2ccc(C)cc2)ns1. The molecule has 1 saturated carbocycles. The molecule has 1 aromatic heterocycles. The van der Waals surface area contributed by atoms with E-state index in [1.165, 1.54) is 41.9 Å². The number of anilines is 1. The summed E-state index contributed by atoms with van der Waals surface area (Å²) in [4.78, 5) is 19.2. The number of aromatic nitrogens is 2. The predicted molar refractivity (Wildman–Crippen MR) is 118 cm³/mol. The molecule has 0 aliphatic heterocycles. The van der Waals surface area contributed by atoms with Crippen LogP contribution in [0.3, 0.4) is 0 Å². The first-order valence-corrected chi connectivity index (χ1v) is 11.3. The van der Waals surface area contributed by atoms with Crippen molar-refractivity contribution in [2.24, 2.45) is 0 Å². The topological polar surface area (TPSA) is 67.3 Å². The van der Waals surface area contributed by atoms with Gasteiger partial charge in [0.1, 0.15) is 5.82 Å². The monoisotopic (exact) mass is 416 g/mol. The second-order valence-electron chi connectivity index (χ2n) is 7.79. The number of hydrogen-bond donors (Lipinski definition) is 1. The molecule has 1 aliphatic rings. The Labute approximate surface area is 177 Å². The Morgan fingerprint density at radius 2 is 1.97 bits per heavy atom. The molecular formula is C22H32N4O2S. The van der Waals surface area contributed by atoms with Crippen molar-refractivity contribution >= 4 is 22.6 Å². The van der Waals surface area contributed by atoms with Crippen LogP contribution in [0.25, 0.3) is 0 Å². The molecule has 0 spiro atoms. The average molecular weight is 417 g/mol. The van der Waals surface area contributed by atoms with Crippen LogP contribution in [0.2, 0.25) is 0 Å². The van der Waals surface area contributed by atoms with Crippen LogP contribution in [-0.4, -0.2) is 48.1 Å². The Hall–Kier alpha value is -1.99. The van der Waals surface area contributed by atoms with Crippen LogP contribution in [0.5, 0.6) is 0 Å². The molecule has 0 bridgehead atoms. The van der Waals surface area contributed by atoms with Crippen molar-refractivity contribution in [1.82, 2.24) is 14.7 Å². The zero-order chi connectivity index (χ0) is 20.5. The van der Waals surface area contributed by atoms with Crippen LogP contribution >= 0.6 is 11.5 Å². The standard InChI is InChI=1S/C22H32N4O2S/c1-17-8-10-18(11-9-17)16-20-24-22(29-25-20)26(14-15-28-2)13-12-21(27)23-19-6-4-3-5-7-19/h8-11,19H,3-7,12-16H2,1-2H3,(H,23,27). The molecule has 7 heteroatoms. The van der Waals surface area contributed by atoms with E-state index >= 15 is 0 Å². The molecule has 6 nitrogen and oxygen atoms in total. The number of carbonyl (C=O) groups is 1. The smallest absolute Gasteiger partial charge is 0.221 e. The van der Waals surface area contributed by atoms with Gasteiger partial charge in [-0.25, -0.2) is 4.98 Å².